The molecule has 4 aromatic rings. The minimum absolute atomic E-state index is 0.0276. The average molecular weight is 387 g/mol. The van der Waals surface area contributed by atoms with E-state index in [1.54, 1.807) is 24.4 Å². The molecule has 4 rings (SSSR count). The Morgan fingerprint density at radius 2 is 1.70 bits per heavy atom. The van der Waals surface area contributed by atoms with Crippen LogP contribution in [0.1, 0.15) is 16.2 Å². The topological polar surface area (TPSA) is 58.6 Å². The summed E-state index contributed by atoms with van der Waals surface area (Å²) in [5.74, 6) is -1.42. The highest BCUT2D eigenvalue weighted by molar-refractivity contribution is 8.00. The molecule has 2 aromatic heterocycles. The van der Waals surface area contributed by atoms with Crippen molar-refractivity contribution < 1.29 is 18.0 Å². The highest BCUT2D eigenvalue weighted by Gasteiger charge is 2.35. The van der Waals surface area contributed by atoms with Gasteiger partial charge in [0.05, 0.1) is 11.3 Å². The number of alkyl halides is 3. The normalized spacial score (nSPS) is 12.0. The summed E-state index contributed by atoms with van der Waals surface area (Å²) in [7, 11) is 0. The first kappa shape index (κ1) is 17.5. The number of ketones is 1. The van der Waals surface area contributed by atoms with Crippen LogP contribution in [0.3, 0.4) is 0 Å². The summed E-state index contributed by atoms with van der Waals surface area (Å²) in [6.07, 6.45) is -3.03. The summed E-state index contributed by atoms with van der Waals surface area (Å²) in [6, 6.07) is 13.8. The van der Waals surface area contributed by atoms with Gasteiger partial charge in [-0.1, -0.05) is 48.2 Å². The van der Waals surface area contributed by atoms with E-state index in [2.05, 4.69) is 15.0 Å². The third kappa shape index (κ3) is 3.40. The highest BCUT2D eigenvalue weighted by Crippen LogP contribution is 2.32. The lowest BCUT2D eigenvalue weighted by Gasteiger charge is -2.10. The molecular formula is C19H12F3N3OS. The third-order valence-corrected chi connectivity index (χ3v) is 5.04. The van der Waals surface area contributed by atoms with Crippen LogP contribution < -0.4 is 0 Å². The van der Waals surface area contributed by atoms with Crippen molar-refractivity contribution in [2.75, 3.05) is 5.75 Å². The number of aromatic amines is 1. The molecule has 136 valence electrons. The van der Waals surface area contributed by atoms with Crippen molar-refractivity contribution in [2.24, 2.45) is 0 Å². The lowest BCUT2D eigenvalue weighted by atomic mass is 10.1. The predicted octanol–water partition coefficient (Wildman–Crippen LogP) is 5.10. The molecule has 0 saturated carbocycles. The quantitative estimate of drug-likeness (QED) is 0.301. The van der Waals surface area contributed by atoms with Crippen molar-refractivity contribution in [1.29, 1.82) is 0 Å². The minimum atomic E-state index is -4.65. The van der Waals surface area contributed by atoms with Crippen LogP contribution in [0.5, 0.6) is 0 Å². The number of carbonyl (C=O) groups excluding carboxylic acids is 1. The van der Waals surface area contributed by atoms with E-state index < -0.39 is 12.0 Å². The Morgan fingerprint density at radius 3 is 2.48 bits per heavy atom. The summed E-state index contributed by atoms with van der Waals surface area (Å²) in [5.41, 5.74) is 1.53. The van der Waals surface area contributed by atoms with E-state index in [0.29, 0.717) is 10.9 Å². The van der Waals surface area contributed by atoms with Gasteiger partial charge >= 0.3 is 6.18 Å². The summed E-state index contributed by atoms with van der Waals surface area (Å²) < 4.78 is 39.3. The largest absolute Gasteiger partial charge is 0.451 e. The third-order valence-electron chi connectivity index (χ3n) is 4.05. The lowest BCUT2D eigenvalue weighted by molar-refractivity contribution is -0.145. The maximum Gasteiger partial charge on any atom is 0.451 e. The van der Waals surface area contributed by atoms with Crippen LogP contribution >= 0.6 is 11.8 Å². The number of benzene rings is 2. The van der Waals surface area contributed by atoms with Gasteiger partial charge in [-0.3, -0.25) is 4.79 Å². The molecule has 2 heterocycles. The standard InChI is InChI=1S/C19H12F3N3OS/c20-19(21,22)18-24-15-8-4-2-6-12(15)17(25-18)27-10-16(26)13-9-23-14-7-3-1-5-11(13)14/h1-9,23H,10H2. The molecule has 27 heavy (non-hydrogen) atoms. The van der Waals surface area contributed by atoms with Crippen LogP contribution in [0, 0.1) is 0 Å². The lowest BCUT2D eigenvalue weighted by Crippen LogP contribution is -2.12. The second-order valence-electron chi connectivity index (χ2n) is 5.83. The summed E-state index contributed by atoms with van der Waals surface area (Å²) >= 11 is 0.981. The Labute approximate surface area is 155 Å². The zero-order chi connectivity index (χ0) is 19.0. The van der Waals surface area contributed by atoms with Gasteiger partial charge in [0.2, 0.25) is 5.82 Å². The molecule has 0 unspecified atom stereocenters. The Bertz CT molecular complexity index is 1150. The molecule has 0 aliphatic rings. The van der Waals surface area contributed by atoms with Crippen molar-refractivity contribution in [3.8, 4) is 0 Å². The van der Waals surface area contributed by atoms with Crippen molar-refractivity contribution in [2.45, 2.75) is 11.2 Å². The molecule has 0 atom stereocenters. The molecule has 0 bridgehead atoms. The number of fused-ring (bicyclic) bond motifs is 2. The summed E-state index contributed by atoms with van der Waals surface area (Å²) in [5, 5.41) is 1.41. The van der Waals surface area contributed by atoms with Crippen LogP contribution in [0.25, 0.3) is 21.8 Å². The van der Waals surface area contributed by atoms with Crippen molar-refractivity contribution in [3.63, 3.8) is 0 Å². The van der Waals surface area contributed by atoms with Gasteiger partial charge in [0.1, 0.15) is 5.03 Å². The van der Waals surface area contributed by atoms with E-state index >= 15 is 0 Å². The first-order valence-corrected chi connectivity index (χ1v) is 8.98. The monoisotopic (exact) mass is 387 g/mol. The molecule has 0 amide bonds. The minimum Gasteiger partial charge on any atom is -0.360 e. The number of rotatable bonds is 4. The van der Waals surface area contributed by atoms with E-state index in [4.69, 9.17) is 0 Å². The van der Waals surface area contributed by atoms with Crippen molar-refractivity contribution in [3.05, 3.63) is 66.1 Å². The molecular weight excluding hydrogens is 375 g/mol. The van der Waals surface area contributed by atoms with Crippen LogP contribution in [0.2, 0.25) is 0 Å². The number of para-hydroxylation sites is 2. The number of carbonyl (C=O) groups is 1. The summed E-state index contributed by atoms with van der Waals surface area (Å²) in [6.45, 7) is 0. The predicted molar refractivity (Wildman–Crippen MR) is 97.9 cm³/mol. The number of hydrogen-bond donors (Lipinski definition) is 1. The van der Waals surface area contributed by atoms with Crippen molar-refractivity contribution in [1.82, 2.24) is 15.0 Å². The average Bonchev–Trinajstić information content (AvgIpc) is 3.09. The molecule has 8 heteroatoms. The number of nitrogens with one attached hydrogen (secondary N) is 1. The Kier molecular flexibility index (Phi) is 4.35. The first-order valence-electron chi connectivity index (χ1n) is 7.99. The fraction of sp³-hybridized carbons (Fsp3) is 0.105. The Morgan fingerprint density at radius 1 is 1.00 bits per heavy atom. The number of thioether (sulfide) groups is 1. The smallest absolute Gasteiger partial charge is 0.360 e. The molecule has 2 aromatic carbocycles. The van der Waals surface area contributed by atoms with Crippen LogP contribution in [-0.4, -0.2) is 26.5 Å². The molecule has 4 nitrogen and oxygen atoms in total. The molecule has 0 spiro atoms. The fourth-order valence-electron chi connectivity index (χ4n) is 2.80. The second kappa shape index (κ2) is 6.70. The maximum atomic E-state index is 13.1. The summed E-state index contributed by atoms with van der Waals surface area (Å²) in [4.78, 5) is 22.9. The van der Waals surface area contributed by atoms with Gasteiger partial charge in [0.15, 0.2) is 5.78 Å². The maximum absolute atomic E-state index is 13.1. The van der Waals surface area contributed by atoms with Gasteiger partial charge in [0.25, 0.3) is 0 Å². The SMILES string of the molecule is O=C(CSc1nc(C(F)(F)F)nc2ccccc12)c1c[nH]c2ccccc12. The zero-order valence-corrected chi connectivity index (χ0v) is 14.6. The number of hydrogen-bond acceptors (Lipinski definition) is 4. The van der Waals surface area contributed by atoms with Crippen molar-refractivity contribution >= 4 is 39.4 Å². The fourth-order valence-corrected chi connectivity index (χ4v) is 3.70. The van der Waals surface area contributed by atoms with E-state index in [0.717, 1.165) is 22.7 Å². The van der Waals surface area contributed by atoms with Gasteiger partial charge < -0.3 is 4.98 Å². The van der Waals surface area contributed by atoms with Crippen LogP contribution in [0.15, 0.2) is 59.8 Å². The van der Waals surface area contributed by atoms with Crippen LogP contribution in [-0.2, 0) is 6.18 Å². The molecule has 0 radical (unpaired) electrons. The number of H-pyrrole nitrogens is 1. The van der Waals surface area contributed by atoms with E-state index in [-0.39, 0.29) is 22.1 Å². The van der Waals surface area contributed by atoms with E-state index in [9.17, 15) is 18.0 Å². The first-order chi connectivity index (χ1) is 12.9. The number of halogens is 3. The number of aromatic nitrogens is 3. The molecule has 1 N–H and O–H groups in total. The van der Waals surface area contributed by atoms with E-state index in [1.807, 2.05) is 24.3 Å². The van der Waals surface area contributed by atoms with Gasteiger partial charge in [-0.2, -0.15) is 13.2 Å². The molecule has 0 saturated heterocycles. The molecule has 0 fully saturated rings. The highest BCUT2D eigenvalue weighted by atomic mass is 32.2. The van der Waals surface area contributed by atoms with Gasteiger partial charge in [-0.05, 0) is 12.1 Å². The number of Topliss-reactive ketones (excluding diaryl/α,β-unsaturated/α-hetero) is 1. The van der Waals surface area contributed by atoms with Gasteiger partial charge in [-0.25, -0.2) is 9.97 Å². The van der Waals surface area contributed by atoms with E-state index in [1.165, 1.54) is 6.07 Å². The molecule has 0 aliphatic heterocycles. The Hall–Kier alpha value is -2.87. The number of nitrogens with zero attached hydrogens (tertiary/aromatic N) is 2. The second-order valence-corrected chi connectivity index (χ2v) is 6.79. The van der Waals surface area contributed by atoms with Gasteiger partial charge in [-0.15, -0.1) is 0 Å². The molecule has 0 aliphatic carbocycles. The zero-order valence-electron chi connectivity index (χ0n) is 13.7. The van der Waals surface area contributed by atoms with Crippen LogP contribution in [0.4, 0.5) is 13.2 Å². The Balaban J connectivity index is 1.66. The van der Waals surface area contributed by atoms with Gasteiger partial charge in [0, 0.05) is 28.0 Å².